The van der Waals surface area contributed by atoms with Gasteiger partial charge in [0.05, 0.1) is 36.4 Å². The Morgan fingerprint density at radius 3 is 2.42 bits per heavy atom. The minimum absolute atomic E-state index is 0.0870. The standard InChI is InChI=1S/C21H26N2O3/c1-15(2)25-14-17(24)13-23-20-12-8-7-11-19(20)22-21(23)16(3)26-18-9-5-4-6-10-18/h4-12,15-17,24H,13-14H2,1-3H3/t16-,17+/m0/s1. The highest BCUT2D eigenvalue weighted by Gasteiger charge is 2.20. The summed E-state index contributed by atoms with van der Waals surface area (Å²) in [5.74, 6) is 1.58. The topological polar surface area (TPSA) is 56.5 Å². The van der Waals surface area contributed by atoms with Crippen LogP contribution in [0.4, 0.5) is 0 Å². The summed E-state index contributed by atoms with van der Waals surface area (Å²) in [4.78, 5) is 4.74. The maximum Gasteiger partial charge on any atom is 0.153 e. The number of hydrogen-bond donors (Lipinski definition) is 1. The molecule has 1 heterocycles. The first kappa shape index (κ1) is 18.4. The van der Waals surface area contributed by atoms with Gasteiger partial charge in [0.1, 0.15) is 5.75 Å². The average molecular weight is 354 g/mol. The van der Waals surface area contributed by atoms with Crippen molar-refractivity contribution in [2.75, 3.05) is 6.61 Å². The van der Waals surface area contributed by atoms with Gasteiger partial charge in [-0.3, -0.25) is 0 Å². The van der Waals surface area contributed by atoms with Crippen molar-refractivity contribution in [2.24, 2.45) is 0 Å². The van der Waals surface area contributed by atoms with Crippen LogP contribution in [0.25, 0.3) is 11.0 Å². The van der Waals surface area contributed by atoms with Crippen LogP contribution in [0.2, 0.25) is 0 Å². The van der Waals surface area contributed by atoms with E-state index in [1.165, 1.54) is 0 Å². The molecular formula is C21H26N2O3. The smallest absolute Gasteiger partial charge is 0.153 e. The van der Waals surface area contributed by atoms with Gasteiger partial charge >= 0.3 is 0 Å². The van der Waals surface area contributed by atoms with Gasteiger partial charge in [-0.25, -0.2) is 4.98 Å². The van der Waals surface area contributed by atoms with Crippen molar-refractivity contribution in [1.82, 2.24) is 9.55 Å². The van der Waals surface area contributed by atoms with Crippen molar-refractivity contribution in [1.29, 1.82) is 0 Å². The number of hydrogen-bond acceptors (Lipinski definition) is 4. The molecule has 0 aliphatic rings. The number of benzene rings is 2. The van der Waals surface area contributed by atoms with E-state index in [4.69, 9.17) is 14.5 Å². The highest BCUT2D eigenvalue weighted by atomic mass is 16.5. The number of aliphatic hydroxyl groups is 1. The van der Waals surface area contributed by atoms with E-state index >= 15 is 0 Å². The van der Waals surface area contributed by atoms with Gasteiger partial charge in [-0.1, -0.05) is 30.3 Å². The first-order chi connectivity index (χ1) is 12.5. The SMILES string of the molecule is CC(C)OC[C@H](O)Cn1c([C@H](C)Oc2ccccc2)nc2ccccc21. The number of para-hydroxylation sites is 3. The average Bonchev–Trinajstić information content (AvgIpc) is 2.99. The monoisotopic (exact) mass is 354 g/mol. The second kappa shape index (κ2) is 8.34. The van der Waals surface area contributed by atoms with Crippen LogP contribution in [0.5, 0.6) is 5.75 Å². The molecule has 0 saturated heterocycles. The predicted molar refractivity (Wildman–Crippen MR) is 102 cm³/mol. The lowest BCUT2D eigenvalue weighted by Gasteiger charge is -2.19. The van der Waals surface area contributed by atoms with E-state index in [1.54, 1.807) is 0 Å². The lowest BCUT2D eigenvalue weighted by atomic mass is 10.3. The lowest BCUT2D eigenvalue weighted by molar-refractivity contribution is -0.00107. The molecule has 0 amide bonds. The molecule has 3 rings (SSSR count). The second-order valence-electron chi connectivity index (χ2n) is 6.68. The van der Waals surface area contributed by atoms with Gasteiger partial charge in [0.15, 0.2) is 11.9 Å². The summed E-state index contributed by atoms with van der Waals surface area (Å²) in [5.41, 5.74) is 1.87. The maximum atomic E-state index is 10.4. The van der Waals surface area contributed by atoms with Gasteiger partial charge in [0.2, 0.25) is 0 Å². The maximum absolute atomic E-state index is 10.4. The molecule has 0 spiro atoms. The zero-order chi connectivity index (χ0) is 18.5. The fourth-order valence-corrected chi connectivity index (χ4v) is 2.92. The van der Waals surface area contributed by atoms with Gasteiger partial charge < -0.3 is 19.1 Å². The molecule has 5 heteroatoms. The molecule has 0 unspecified atom stereocenters. The Hall–Kier alpha value is -2.37. The van der Waals surface area contributed by atoms with Crippen LogP contribution in [0.3, 0.4) is 0 Å². The molecule has 0 aliphatic carbocycles. The summed E-state index contributed by atoms with van der Waals surface area (Å²) in [5, 5.41) is 10.4. The zero-order valence-electron chi connectivity index (χ0n) is 15.5. The van der Waals surface area contributed by atoms with Crippen molar-refractivity contribution >= 4 is 11.0 Å². The Bertz CT molecular complexity index is 830. The van der Waals surface area contributed by atoms with Gasteiger partial charge in [-0.2, -0.15) is 0 Å². The first-order valence-corrected chi connectivity index (χ1v) is 9.01. The van der Waals surface area contributed by atoms with E-state index in [1.807, 2.05) is 79.9 Å². The number of ether oxygens (including phenoxy) is 2. The molecule has 2 aromatic carbocycles. The van der Waals surface area contributed by atoms with Gasteiger partial charge in [-0.05, 0) is 45.0 Å². The van der Waals surface area contributed by atoms with E-state index in [9.17, 15) is 5.11 Å². The molecular weight excluding hydrogens is 328 g/mol. The Morgan fingerprint density at radius 1 is 1.00 bits per heavy atom. The zero-order valence-corrected chi connectivity index (χ0v) is 15.5. The minimum atomic E-state index is -0.613. The second-order valence-corrected chi connectivity index (χ2v) is 6.68. The molecule has 2 atom stereocenters. The van der Waals surface area contributed by atoms with E-state index < -0.39 is 6.10 Å². The van der Waals surface area contributed by atoms with Crippen molar-refractivity contribution in [3.8, 4) is 5.75 Å². The van der Waals surface area contributed by atoms with Crippen LogP contribution in [-0.4, -0.2) is 33.5 Å². The van der Waals surface area contributed by atoms with Crippen molar-refractivity contribution in [3.05, 3.63) is 60.4 Å². The summed E-state index contributed by atoms with van der Waals surface area (Å²) >= 11 is 0. The number of aromatic nitrogens is 2. The van der Waals surface area contributed by atoms with Crippen LogP contribution >= 0.6 is 0 Å². The summed E-state index contributed by atoms with van der Waals surface area (Å²) in [6.45, 7) is 6.59. The van der Waals surface area contributed by atoms with Crippen molar-refractivity contribution in [2.45, 2.75) is 45.6 Å². The highest BCUT2D eigenvalue weighted by Crippen LogP contribution is 2.25. The molecule has 1 aromatic heterocycles. The Morgan fingerprint density at radius 2 is 1.69 bits per heavy atom. The van der Waals surface area contributed by atoms with E-state index in [0.29, 0.717) is 6.54 Å². The lowest BCUT2D eigenvalue weighted by Crippen LogP contribution is -2.25. The number of rotatable bonds is 8. The summed E-state index contributed by atoms with van der Waals surface area (Å²) in [6, 6.07) is 17.6. The Balaban J connectivity index is 1.86. The predicted octanol–water partition coefficient (Wildman–Crippen LogP) is 3.96. The number of aliphatic hydroxyl groups excluding tert-OH is 1. The third-order valence-corrected chi connectivity index (χ3v) is 4.12. The summed E-state index contributed by atoms with van der Waals surface area (Å²) in [7, 11) is 0. The molecule has 0 saturated carbocycles. The molecule has 26 heavy (non-hydrogen) atoms. The normalized spacial score (nSPS) is 13.9. The molecule has 5 nitrogen and oxygen atoms in total. The van der Waals surface area contributed by atoms with Gasteiger partial charge in [0.25, 0.3) is 0 Å². The van der Waals surface area contributed by atoms with E-state index in [-0.39, 0.29) is 18.8 Å². The summed E-state index contributed by atoms with van der Waals surface area (Å²) < 4.78 is 13.6. The third-order valence-electron chi connectivity index (χ3n) is 4.12. The van der Waals surface area contributed by atoms with Crippen molar-refractivity contribution in [3.63, 3.8) is 0 Å². The molecule has 138 valence electrons. The largest absolute Gasteiger partial charge is 0.483 e. The fourth-order valence-electron chi connectivity index (χ4n) is 2.92. The number of fused-ring (bicyclic) bond motifs is 1. The van der Waals surface area contributed by atoms with E-state index in [2.05, 4.69) is 0 Å². The Kier molecular flexibility index (Phi) is 5.91. The number of nitrogens with zero attached hydrogens (tertiary/aromatic N) is 2. The molecule has 1 N–H and O–H groups in total. The fraction of sp³-hybridized carbons (Fsp3) is 0.381. The number of imidazole rings is 1. The molecule has 0 bridgehead atoms. The third kappa shape index (κ3) is 4.42. The summed E-state index contributed by atoms with van der Waals surface area (Å²) in [6.07, 6.45) is -0.773. The van der Waals surface area contributed by atoms with Crippen molar-refractivity contribution < 1.29 is 14.6 Å². The molecule has 0 fully saturated rings. The molecule has 0 aliphatic heterocycles. The van der Waals surface area contributed by atoms with Crippen LogP contribution in [-0.2, 0) is 11.3 Å². The van der Waals surface area contributed by atoms with Crippen LogP contribution in [0.15, 0.2) is 54.6 Å². The Labute approximate surface area is 154 Å². The van der Waals surface area contributed by atoms with Crippen LogP contribution < -0.4 is 4.74 Å². The van der Waals surface area contributed by atoms with Gasteiger partial charge in [0, 0.05) is 0 Å². The van der Waals surface area contributed by atoms with Crippen LogP contribution in [0.1, 0.15) is 32.7 Å². The minimum Gasteiger partial charge on any atom is -0.483 e. The molecule has 0 radical (unpaired) electrons. The van der Waals surface area contributed by atoms with Gasteiger partial charge in [-0.15, -0.1) is 0 Å². The van der Waals surface area contributed by atoms with Crippen LogP contribution in [0, 0.1) is 0 Å². The molecule has 3 aromatic rings. The first-order valence-electron chi connectivity index (χ1n) is 9.01. The van der Waals surface area contributed by atoms with E-state index in [0.717, 1.165) is 22.6 Å². The quantitative estimate of drug-likeness (QED) is 0.665. The highest BCUT2D eigenvalue weighted by molar-refractivity contribution is 5.76.